The van der Waals surface area contributed by atoms with Gasteiger partial charge in [0.15, 0.2) is 11.9 Å². The summed E-state index contributed by atoms with van der Waals surface area (Å²) < 4.78 is 50.3. The highest BCUT2D eigenvalue weighted by Gasteiger charge is 2.32. The van der Waals surface area contributed by atoms with Gasteiger partial charge in [0.05, 0.1) is 17.0 Å². The molecule has 0 aliphatic heterocycles. The Morgan fingerprint density at radius 2 is 1.74 bits per heavy atom. The van der Waals surface area contributed by atoms with Gasteiger partial charge in [0, 0.05) is 34.3 Å². The van der Waals surface area contributed by atoms with Crippen molar-refractivity contribution in [3.63, 3.8) is 0 Å². The normalized spacial score (nSPS) is 12.4. The van der Waals surface area contributed by atoms with E-state index < -0.39 is 24.2 Å². The van der Waals surface area contributed by atoms with Crippen LogP contribution in [0, 0.1) is 0 Å². The number of aliphatic carboxylic acids is 1. The first-order valence-electron chi connectivity index (χ1n) is 11.8. The summed E-state index contributed by atoms with van der Waals surface area (Å²) in [6.07, 6.45) is -5.71. The number of carbonyl (C=O) groups excluding carboxylic acids is 1. The van der Waals surface area contributed by atoms with Crippen molar-refractivity contribution in [2.24, 2.45) is 0 Å². The van der Waals surface area contributed by atoms with Gasteiger partial charge in [0.2, 0.25) is 0 Å². The molecule has 0 fully saturated rings. The van der Waals surface area contributed by atoms with Gasteiger partial charge in [-0.05, 0) is 60.5 Å². The van der Waals surface area contributed by atoms with Crippen LogP contribution in [0.15, 0.2) is 66.7 Å². The number of nitrogens with zero attached hydrogens (tertiary/aromatic N) is 1. The van der Waals surface area contributed by atoms with E-state index in [0.29, 0.717) is 38.5 Å². The standard InChI is InChI=1S/C28H22Cl2F3NO5/c1-2-24(27(36)37)38-19-5-3-4-16(12-19)15-34-22-13-20(39-28(31,32)33)10-11-21(22)25(23(34)14-29)26(35)17-6-8-18(30)9-7-17/h3-13,24H,2,14-15H2,1H3,(H,36,37). The molecule has 0 bridgehead atoms. The molecule has 0 saturated heterocycles. The monoisotopic (exact) mass is 579 g/mol. The molecule has 0 saturated carbocycles. The van der Waals surface area contributed by atoms with E-state index in [4.69, 9.17) is 27.9 Å². The van der Waals surface area contributed by atoms with Gasteiger partial charge in [0.25, 0.3) is 0 Å². The Morgan fingerprint density at radius 3 is 2.36 bits per heavy atom. The average molecular weight is 580 g/mol. The first-order chi connectivity index (χ1) is 18.5. The molecule has 4 rings (SSSR count). The lowest BCUT2D eigenvalue weighted by molar-refractivity contribution is -0.274. The minimum absolute atomic E-state index is 0.100. The predicted molar refractivity (Wildman–Crippen MR) is 141 cm³/mol. The van der Waals surface area contributed by atoms with Crippen molar-refractivity contribution in [2.75, 3.05) is 0 Å². The van der Waals surface area contributed by atoms with E-state index in [2.05, 4.69) is 4.74 Å². The highest BCUT2D eigenvalue weighted by molar-refractivity contribution is 6.30. The quantitative estimate of drug-likeness (QED) is 0.156. The minimum atomic E-state index is -4.91. The molecule has 1 heterocycles. The zero-order valence-electron chi connectivity index (χ0n) is 20.5. The molecular formula is C28H22Cl2F3NO5. The van der Waals surface area contributed by atoms with Gasteiger partial charge >= 0.3 is 12.3 Å². The van der Waals surface area contributed by atoms with Gasteiger partial charge < -0.3 is 19.1 Å². The number of rotatable bonds is 10. The minimum Gasteiger partial charge on any atom is -0.479 e. The Kier molecular flexibility index (Phi) is 8.42. The zero-order chi connectivity index (χ0) is 28.3. The number of carboxylic acid groups (broad SMARTS) is 1. The average Bonchev–Trinajstić information content (AvgIpc) is 3.18. The number of aromatic nitrogens is 1. The van der Waals surface area contributed by atoms with Crippen LogP contribution in [-0.4, -0.2) is 33.9 Å². The molecule has 0 aliphatic carbocycles. The summed E-state index contributed by atoms with van der Waals surface area (Å²) in [6, 6.07) is 16.6. The molecule has 1 unspecified atom stereocenters. The molecule has 0 aliphatic rings. The van der Waals surface area contributed by atoms with Crippen LogP contribution in [0.25, 0.3) is 10.9 Å². The van der Waals surface area contributed by atoms with E-state index in [1.165, 1.54) is 12.1 Å². The lowest BCUT2D eigenvalue weighted by atomic mass is 10.0. The molecule has 39 heavy (non-hydrogen) atoms. The third kappa shape index (κ3) is 6.49. The first kappa shape index (κ1) is 28.3. The topological polar surface area (TPSA) is 77.8 Å². The fourth-order valence-corrected chi connectivity index (χ4v) is 4.67. The van der Waals surface area contributed by atoms with Gasteiger partial charge in [-0.25, -0.2) is 4.79 Å². The molecule has 1 N–H and O–H groups in total. The number of ketones is 1. The van der Waals surface area contributed by atoms with Crippen molar-refractivity contribution in [1.29, 1.82) is 0 Å². The van der Waals surface area contributed by atoms with Crippen molar-refractivity contribution in [1.82, 2.24) is 4.57 Å². The summed E-state index contributed by atoms with van der Waals surface area (Å²) in [5, 5.41) is 10.2. The van der Waals surface area contributed by atoms with Gasteiger partial charge in [-0.1, -0.05) is 30.7 Å². The van der Waals surface area contributed by atoms with Crippen molar-refractivity contribution in [3.05, 3.63) is 94.1 Å². The second-order valence-electron chi connectivity index (χ2n) is 8.60. The van der Waals surface area contributed by atoms with Gasteiger partial charge in [0.1, 0.15) is 11.5 Å². The van der Waals surface area contributed by atoms with E-state index in [1.54, 1.807) is 60.0 Å². The van der Waals surface area contributed by atoms with Crippen LogP contribution in [0.5, 0.6) is 11.5 Å². The lowest BCUT2D eigenvalue weighted by Gasteiger charge is -2.15. The van der Waals surface area contributed by atoms with Gasteiger partial charge in [-0.2, -0.15) is 0 Å². The molecule has 1 aromatic heterocycles. The van der Waals surface area contributed by atoms with Crippen LogP contribution in [0.1, 0.15) is 40.5 Å². The lowest BCUT2D eigenvalue weighted by Crippen LogP contribution is -2.25. The fraction of sp³-hybridized carbons (Fsp3) is 0.214. The summed E-state index contributed by atoms with van der Waals surface area (Å²) in [5.41, 5.74) is 1.90. The molecule has 11 heteroatoms. The van der Waals surface area contributed by atoms with E-state index in [1.807, 2.05) is 0 Å². The van der Waals surface area contributed by atoms with Gasteiger partial charge in [-0.15, -0.1) is 24.8 Å². The third-order valence-electron chi connectivity index (χ3n) is 6.00. The predicted octanol–water partition coefficient (Wildman–Crippen LogP) is 7.45. The maximum absolute atomic E-state index is 13.6. The number of hydrogen-bond donors (Lipinski definition) is 1. The summed E-state index contributed by atoms with van der Waals surface area (Å²) in [7, 11) is 0. The van der Waals surface area contributed by atoms with Crippen molar-refractivity contribution in [2.45, 2.75) is 38.2 Å². The number of benzene rings is 3. The Labute approximate surface area is 231 Å². The second kappa shape index (κ2) is 11.6. The number of halogens is 5. The molecule has 204 valence electrons. The van der Waals surface area contributed by atoms with Crippen LogP contribution in [-0.2, 0) is 17.2 Å². The molecule has 0 radical (unpaired) electrons. The highest BCUT2D eigenvalue weighted by Crippen LogP contribution is 2.35. The second-order valence-corrected chi connectivity index (χ2v) is 9.31. The highest BCUT2D eigenvalue weighted by atomic mass is 35.5. The van der Waals surface area contributed by atoms with Crippen molar-refractivity contribution in [3.8, 4) is 11.5 Å². The zero-order valence-corrected chi connectivity index (χ0v) is 22.0. The maximum Gasteiger partial charge on any atom is 0.573 e. The SMILES string of the molecule is CCC(Oc1cccc(Cn2c(CCl)c(C(=O)c3ccc(Cl)cc3)c3ccc(OC(F)(F)F)cc32)c1)C(=O)O. The van der Waals surface area contributed by atoms with E-state index >= 15 is 0 Å². The summed E-state index contributed by atoms with van der Waals surface area (Å²) in [5.74, 6) is -1.74. The van der Waals surface area contributed by atoms with E-state index in [0.717, 1.165) is 6.07 Å². The molecule has 3 aromatic carbocycles. The molecular weight excluding hydrogens is 558 g/mol. The summed E-state index contributed by atoms with van der Waals surface area (Å²) >= 11 is 12.3. The Hall–Kier alpha value is -3.69. The molecule has 6 nitrogen and oxygen atoms in total. The molecule has 0 spiro atoms. The smallest absolute Gasteiger partial charge is 0.479 e. The third-order valence-corrected chi connectivity index (χ3v) is 6.51. The number of carboxylic acids is 1. The molecule has 1 atom stereocenters. The summed E-state index contributed by atoms with van der Waals surface area (Å²) in [6.45, 7) is 1.78. The van der Waals surface area contributed by atoms with Crippen LogP contribution >= 0.6 is 23.2 Å². The molecule has 4 aromatic rings. The molecule has 0 amide bonds. The van der Waals surface area contributed by atoms with Crippen LogP contribution in [0.2, 0.25) is 5.02 Å². The van der Waals surface area contributed by atoms with E-state index in [-0.39, 0.29) is 30.2 Å². The van der Waals surface area contributed by atoms with Crippen LogP contribution in [0.4, 0.5) is 13.2 Å². The Balaban J connectivity index is 1.84. The van der Waals surface area contributed by atoms with E-state index in [9.17, 15) is 27.9 Å². The van der Waals surface area contributed by atoms with Gasteiger partial charge in [-0.3, -0.25) is 4.79 Å². The number of hydrogen-bond acceptors (Lipinski definition) is 4. The number of alkyl halides is 4. The largest absolute Gasteiger partial charge is 0.573 e. The van der Waals surface area contributed by atoms with Crippen LogP contribution in [0.3, 0.4) is 0 Å². The number of ether oxygens (including phenoxy) is 2. The summed E-state index contributed by atoms with van der Waals surface area (Å²) in [4.78, 5) is 25.0. The first-order valence-corrected chi connectivity index (χ1v) is 12.7. The number of carbonyl (C=O) groups is 2. The fourth-order valence-electron chi connectivity index (χ4n) is 4.27. The number of fused-ring (bicyclic) bond motifs is 1. The Morgan fingerprint density at radius 1 is 1.03 bits per heavy atom. The Bertz CT molecular complexity index is 1520. The van der Waals surface area contributed by atoms with Crippen LogP contribution < -0.4 is 9.47 Å². The van der Waals surface area contributed by atoms with Crippen molar-refractivity contribution >= 4 is 45.9 Å². The van der Waals surface area contributed by atoms with Crippen molar-refractivity contribution < 1.29 is 37.3 Å². The maximum atomic E-state index is 13.6.